The molecule has 0 saturated heterocycles. The smallest absolute Gasteiger partial charge is 0.193 e. The van der Waals surface area contributed by atoms with Crippen LogP contribution < -0.4 is 16.0 Å². The standard InChI is InChI=1S/C20H26N4/c1-14-9-15(2)11-18(10-14)23-20(21)22-13-16-6-7-19-17(12-16)5-4-8-24(19)3/h6-7,9-12H,4-5,8,13H2,1-3H3,(H3,21,22,23). The third kappa shape index (κ3) is 3.88. The molecule has 0 atom stereocenters. The molecule has 4 heteroatoms. The summed E-state index contributed by atoms with van der Waals surface area (Å²) in [5.41, 5.74) is 13.4. The lowest BCUT2D eigenvalue weighted by Crippen LogP contribution is -2.24. The van der Waals surface area contributed by atoms with Gasteiger partial charge in [-0.2, -0.15) is 0 Å². The average molecular weight is 322 g/mol. The van der Waals surface area contributed by atoms with Gasteiger partial charge in [0.05, 0.1) is 6.54 Å². The van der Waals surface area contributed by atoms with Crippen molar-refractivity contribution in [2.24, 2.45) is 10.7 Å². The van der Waals surface area contributed by atoms with E-state index < -0.39 is 0 Å². The van der Waals surface area contributed by atoms with E-state index in [-0.39, 0.29) is 0 Å². The Balaban J connectivity index is 1.68. The van der Waals surface area contributed by atoms with Crippen LogP contribution in [-0.2, 0) is 13.0 Å². The van der Waals surface area contributed by atoms with Gasteiger partial charge in [-0.1, -0.05) is 18.2 Å². The first-order valence-corrected chi connectivity index (χ1v) is 8.49. The Labute approximate surface area is 144 Å². The molecule has 0 bridgehead atoms. The lowest BCUT2D eigenvalue weighted by atomic mass is 10.00. The molecular formula is C20H26N4. The molecule has 0 fully saturated rings. The molecule has 2 aromatic rings. The van der Waals surface area contributed by atoms with Crippen molar-refractivity contribution in [1.82, 2.24) is 0 Å². The summed E-state index contributed by atoms with van der Waals surface area (Å²) in [6.07, 6.45) is 2.36. The number of fused-ring (bicyclic) bond motifs is 1. The van der Waals surface area contributed by atoms with Gasteiger partial charge in [0.1, 0.15) is 0 Å². The summed E-state index contributed by atoms with van der Waals surface area (Å²) >= 11 is 0. The summed E-state index contributed by atoms with van der Waals surface area (Å²) in [7, 11) is 2.15. The summed E-state index contributed by atoms with van der Waals surface area (Å²) in [5.74, 6) is 0.454. The van der Waals surface area contributed by atoms with E-state index in [1.165, 1.54) is 34.4 Å². The van der Waals surface area contributed by atoms with Crippen LogP contribution in [-0.4, -0.2) is 19.6 Å². The maximum Gasteiger partial charge on any atom is 0.193 e. The fraction of sp³-hybridized carbons (Fsp3) is 0.350. The third-order valence-electron chi connectivity index (χ3n) is 4.42. The van der Waals surface area contributed by atoms with Gasteiger partial charge in [0.25, 0.3) is 0 Å². The van der Waals surface area contributed by atoms with Crippen LogP contribution in [0.15, 0.2) is 41.4 Å². The lowest BCUT2D eigenvalue weighted by molar-refractivity contribution is 0.743. The number of nitrogens with zero attached hydrogens (tertiary/aromatic N) is 2. The van der Waals surface area contributed by atoms with Crippen molar-refractivity contribution < 1.29 is 0 Å². The number of benzene rings is 2. The lowest BCUT2D eigenvalue weighted by Gasteiger charge is -2.27. The van der Waals surface area contributed by atoms with Gasteiger partial charge in [-0.3, -0.25) is 0 Å². The van der Waals surface area contributed by atoms with Crippen LogP contribution in [0.4, 0.5) is 11.4 Å². The van der Waals surface area contributed by atoms with Crippen molar-refractivity contribution in [1.29, 1.82) is 0 Å². The molecule has 1 heterocycles. The van der Waals surface area contributed by atoms with Gasteiger partial charge in [-0.05, 0) is 67.1 Å². The Morgan fingerprint density at radius 1 is 1.17 bits per heavy atom. The molecule has 1 aliphatic heterocycles. The molecule has 0 spiro atoms. The minimum absolute atomic E-state index is 0.454. The molecule has 0 saturated carbocycles. The number of nitrogens with one attached hydrogen (secondary N) is 1. The van der Waals surface area contributed by atoms with Gasteiger partial charge >= 0.3 is 0 Å². The predicted molar refractivity (Wildman–Crippen MR) is 103 cm³/mol. The van der Waals surface area contributed by atoms with E-state index in [4.69, 9.17) is 5.73 Å². The maximum absolute atomic E-state index is 6.04. The highest BCUT2D eigenvalue weighted by Crippen LogP contribution is 2.27. The molecule has 24 heavy (non-hydrogen) atoms. The molecule has 0 amide bonds. The number of guanidine groups is 1. The fourth-order valence-electron chi connectivity index (χ4n) is 3.35. The normalized spacial score (nSPS) is 14.5. The summed E-state index contributed by atoms with van der Waals surface area (Å²) in [6, 6.07) is 12.9. The van der Waals surface area contributed by atoms with Gasteiger partial charge in [0.15, 0.2) is 5.96 Å². The fourth-order valence-corrected chi connectivity index (χ4v) is 3.35. The zero-order chi connectivity index (χ0) is 17.1. The van der Waals surface area contributed by atoms with Gasteiger partial charge < -0.3 is 16.0 Å². The van der Waals surface area contributed by atoms with E-state index in [1.807, 2.05) is 0 Å². The molecule has 0 aromatic heterocycles. The van der Waals surface area contributed by atoms with Crippen LogP contribution in [0.25, 0.3) is 0 Å². The molecule has 2 aromatic carbocycles. The topological polar surface area (TPSA) is 53.6 Å². The Kier molecular flexibility index (Phi) is 4.74. The van der Waals surface area contributed by atoms with E-state index in [0.29, 0.717) is 12.5 Å². The molecule has 1 aliphatic rings. The number of hydrogen-bond acceptors (Lipinski definition) is 2. The van der Waals surface area contributed by atoms with Crippen LogP contribution in [0.3, 0.4) is 0 Å². The molecule has 0 aliphatic carbocycles. The first-order valence-electron chi connectivity index (χ1n) is 8.49. The zero-order valence-electron chi connectivity index (χ0n) is 14.8. The van der Waals surface area contributed by atoms with Gasteiger partial charge in [-0.25, -0.2) is 4.99 Å². The minimum atomic E-state index is 0.454. The van der Waals surface area contributed by atoms with Crippen LogP contribution in [0.5, 0.6) is 0 Å². The zero-order valence-corrected chi connectivity index (χ0v) is 14.8. The molecule has 3 N–H and O–H groups in total. The number of hydrogen-bond donors (Lipinski definition) is 2. The van der Waals surface area contributed by atoms with Crippen LogP contribution >= 0.6 is 0 Å². The van der Waals surface area contributed by atoms with Crippen molar-refractivity contribution >= 4 is 17.3 Å². The molecule has 4 nitrogen and oxygen atoms in total. The summed E-state index contributed by atoms with van der Waals surface area (Å²) in [6.45, 7) is 5.89. The van der Waals surface area contributed by atoms with Crippen LogP contribution in [0, 0.1) is 13.8 Å². The monoisotopic (exact) mass is 322 g/mol. The Bertz CT molecular complexity index is 744. The van der Waals surface area contributed by atoms with E-state index in [1.54, 1.807) is 0 Å². The highest BCUT2D eigenvalue weighted by Gasteiger charge is 2.13. The van der Waals surface area contributed by atoms with Crippen molar-refractivity contribution in [2.75, 3.05) is 23.8 Å². The van der Waals surface area contributed by atoms with Gasteiger partial charge in [0, 0.05) is 25.0 Å². The number of rotatable bonds is 3. The van der Waals surface area contributed by atoms with E-state index in [2.05, 4.69) is 72.5 Å². The molecule has 0 unspecified atom stereocenters. The van der Waals surface area contributed by atoms with E-state index >= 15 is 0 Å². The van der Waals surface area contributed by atoms with Crippen LogP contribution in [0.1, 0.15) is 28.7 Å². The Hall–Kier alpha value is -2.49. The highest BCUT2D eigenvalue weighted by molar-refractivity contribution is 5.92. The van der Waals surface area contributed by atoms with Crippen molar-refractivity contribution in [2.45, 2.75) is 33.2 Å². The highest BCUT2D eigenvalue weighted by atomic mass is 15.1. The maximum atomic E-state index is 6.04. The SMILES string of the molecule is Cc1cc(C)cc(NC(N)=NCc2ccc3c(c2)CCCN3C)c1. The van der Waals surface area contributed by atoms with Crippen molar-refractivity contribution in [3.05, 3.63) is 58.7 Å². The summed E-state index contributed by atoms with van der Waals surface area (Å²) in [4.78, 5) is 6.81. The average Bonchev–Trinajstić information content (AvgIpc) is 2.52. The Morgan fingerprint density at radius 2 is 1.92 bits per heavy atom. The quantitative estimate of drug-likeness (QED) is 0.670. The van der Waals surface area contributed by atoms with Crippen molar-refractivity contribution in [3.63, 3.8) is 0 Å². The number of nitrogens with two attached hydrogens (primary N) is 1. The van der Waals surface area contributed by atoms with Gasteiger partial charge in [0.2, 0.25) is 0 Å². The third-order valence-corrected chi connectivity index (χ3v) is 4.42. The molecule has 3 rings (SSSR count). The first-order chi connectivity index (χ1) is 11.5. The predicted octanol–water partition coefficient (Wildman–Crippen LogP) is 3.61. The first kappa shape index (κ1) is 16.4. The molecule has 0 radical (unpaired) electrons. The van der Waals surface area contributed by atoms with E-state index in [9.17, 15) is 0 Å². The summed E-state index contributed by atoms with van der Waals surface area (Å²) < 4.78 is 0. The molecule has 126 valence electrons. The number of aliphatic imine (C=N–C) groups is 1. The molecular weight excluding hydrogens is 296 g/mol. The largest absolute Gasteiger partial charge is 0.374 e. The number of aryl methyl sites for hydroxylation is 3. The second-order valence-corrected chi connectivity index (χ2v) is 6.69. The van der Waals surface area contributed by atoms with Crippen LogP contribution in [0.2, 0.25) is 0 Å². The van der Waals surface area contributed by atoms with Gasteiger partial charge in [-0.15, -0.1) is 0 Å². The second kappa shape index (κ2) is 6.95. The summed E-state index contributed by atoms with van der Waals surface area (Å²) in [5, 5.41) is 3.18. The Morgan fingerprint density at radius 3 is 2.67 bits per heavy atom. The minimum Gasteiger partial charge on any atom is -0.374 e. The van der Waals surface area contributed by atoms with Crippen molar-refractivity contribution in [3.8, 4) is 0 Å². The van der Waals surface area contributed by atoms with E-state index in [0.717, 1.165) is 18.7 Å². The number of anilines is 2. The second-order valence-electron chi connectivity index (χ2n) is 6.69.